The summed E-state index contributed by atoms with van der Waals surface area (Å²) in [4.78, 5) is 4.66. The molecule has 1 atom stereocenters. The van der Waals surface area contributed by atoms with E-state index in [0.717, 1.165) is 0 Å². The second kappa shape index (κ2) is 6.72. The van der Waals surface area contributed by atoms with Crippen LogP contribution in [0.4, 0.5) is 22.0 Å². The summed E-state index contributed by atoms with van der Waals surface area (Å²) in [7, 11) is 0. The molecular weight excluding hydrogens is 442 g/mol. The molecule has 0 bridgehead atoms. The molecule has 11 heteroatoms. The van der Waals surface area contributed by atoms with Gasteiger partial charge in [0.25, 0.3) is 5.90 Å². The predicted molar refractivity (Wildman–Crippen MR) is 93.7 cm³/mol. The van der Waals surface area contributed by atoms with Gasteiger partial charge in [-0.25, -0.2) is 8.78 Å². The van der Waals surface area contributed by atoms with Crippen LogP contribution in [0.25, 0.3) is 0 Å². The Bertz CT molecular complexity index is 970. The molecule has 0 amide bonds. The average molecular weight is 454 g/mol. The highest BCUT2D eigenvalue weighted by Crippen LogP contribution is 2.48. The lowest BCUT2D eigenvalue weighted by Gasteiger charge is -2.31. The summed E-state index contributed by atoms with van der Waals surface area (Å²) >= 11 is 11.3. The van der Waals surface area contributed by atoms with E-state index in [4.69, 9.17) is 27.9 Å². The number of nitrogens with two attached hydrogens (primary N) is 1. The second-order valence-corrected chi connectivity index (χ2v) is 7.51. The molecule has 0 aromatic heterocycles. The van der Waals surface area contributed by atoms with Crippen LogP contribution in [0.3, 0.4) is 0 Å². The van der Waals surface area contributed by atoms with Crippen LogP contribution in [-0.2, 0) is 21.0 Å². The van der Waals surface area contributed by atoms with Crippen molar-refractivity contribution < 1.29 is 36.8 Å². The smallest absolute Gasteiger partial charge is 0.419 e. The van der Waals surface area contributed by atoms with Crippen molar-refractivity contribution in [2.24, 2.45) is 5.16 Å². The summed E-state index contributed by atoms with van der Waals surface area (Å²) in [5, 5.41) is 3.93. The summed E-state index contributed by atoms with van der Waals surface area (Å²) in [6.45, 7) is 0.548. The molecule has 2 aliphatic heterocycles. The highest BCUT2D eigenvalue weighted by Gasteiger charge is 2.66. The number of rotatable bonds is 3. The second-order valence-electron chi connectivity index (χ2n) is 6.70. The van der Waals surface area contributed by atoms with Crippen molar-refractivity contribution in [3.63, 3.8) is 0 Å². The topological polar surface area (TPSA) is 47.4 Å². The lowest BCUT2D eigenvalue weighted by molar-refractivity contribution is -0.740. The van der Waals surface area contributed by atoms with Crippen LogP contribution < -0.4 is 5.32 Å². The third kappa shape index (κ3) is 3.21. The van der Waals surface area contributed by atoms with E-state index in [9.17, 15) is 22.0 Å². The van der Waals surface area contributed by atoms with Gasteiger partial charge >= 0.3 is 12.0 Å². The van der Waals surface area contributed by atoms with E-state index in [1.165, 1.54) is 24.3 Å². The number of oxime groups is 1. The van der Waals surface area contributed by atoms with Crippen LogP contribution in [-0.4, -0.2) is 25.2 Å². The monoisotopic (exact) mass is 453 g/mol. The highest BCUT2D eigenvalue weighted by atomic mass is 35.5. The van der Waals surface area contributed by atoms with Gasteiger partial charge in [-0.1, -0.05) is 35.3 Å². The van der Waals surface area contributed by atoms with E-state index in [0.29, 0.717) is 17.7 Å². The minimum atomic E-state index is -5.10. The van der Waals surface area contributed by atoms with Crippen LogP contribution in [0.2, 0.25) is 10.0 Å². The fourth-order valence-electron chi connectivity index (χ4n) is 3.07. The van der Waals surface area contributed by atoms with Crippen LogP contribution in [0.1, 0.15) is 16.7 Å². The normalized spacial score (nSPS) is 23.1. The molecule has 1 saturated heterocycles. The maximum absolute atomic E-state index is 14.4. The van der Waals surface area contributed by atoms with Crippen LogP contribution in [0, 0.1) is 5.82 Å². The Balaban J connectivity index is 1.67. The van der Waals surface area contributed by atoms with Crippen LogP contribution in [0.5, 0.6) is 0 Å². The van der Waals surface area contributed by atoms with E-state index >= 15 is 0 Å². The first-order valence-electron chi connectivity index (χ1n) is 8.34. The Morgan fingerprint density at radius 3 is 2.07 bits per heavy atom. The van der Waals surface area contributed by atoms with Gasteiger partial charge in [-0.3, -0.25) is 0 Å². The molecule has 1 fully saturated rings. The number of quaternary nitrogens is 1. The molecule has 2 aromatic rings. The Labute approximate surface area is 171 Å². The van der Waals surface area contributed by atoms with E-state index in [2.05, 4.69) is 9.99 Å². The molecule has 154 valence electrons. The maximum Gasteiger partial charge on any atom is 0.475 e. The minimum absolute atomic E-state index is 0.145. The van der Waals surface area contributed by atoms with E-state index in [1.54, 1.807) is 5.32 Å². The number of ether oxygens (including phenoxy) is 1. The third-order valence-electron chi connectivity index (χ3n) is 4.82. The van der Waals surface area contributed by atoms with Gasteiger partial charge in [0.1, 0.15) is 13.1 Å². The molecular formula is C18H12Cl2F5N2O2+. The van der Waals surface area contributed by atoms with Crippen LogP contribution >= 0.6 is 23.2 Å². The van der Waals surface area contributed by atoms with E-state index in [1.807, 2.05) is 0 Å². The SMILES string of the molecule is Fc1c(Cl)cc(C2(C(F)(F)F)ON=C(c3ccc(C4(F)C[NH2+]C4)cc3)O2)cc1Cl. The molecule has 2 heterocycles. The summed E-state index contributed by atoms with van der Waals surface area (Å²) in [6.07, 6.45) is -5.10. The van der Waals surface area contributed by atoms with Gasteiger partial charge in [0.2, 0.25) is 5.67 Å². The van der Waals surface area contributed by atoms with Gasteiger partial charge in [-0.2, -0.15) is 13.2 Å². The first-order valence-corrected chi connectivity index (χ1v) is 9.10. The Morgan fingerprint density at radius 1 is 1.00 bits per heavy atom. The maximum atomic E-state index is 14.4. The van der Waals surface area contributed by atoms with Gasteiger partial charge < -0.3 is 14.9 Å². The van der Waals surface area contributed by atoms with Gasteiger partial charge in [-0.15, -0.1) is 0 Å². The number of hydrogen-bond donors (Lipinski definition) is 1. The fraction of sp³-hybridized carbons (Fsp3) is 0.278. The number of alkyl halides is 4. The lowest BCUT2D eigenvalue weighted by atomic mass is 9.89. The molecule has 0 radical (unpaired) electrons. The lowest BCUT2D eigenvalue weighted by Crippen LogP contribution is -3.00. The molecule has 0 saturated carbocycles. The summed E-state index contributed by atoms with van der Waals surface area (Å²) in [6, 6.07) is 7.08. The molecule has 1 unspecified atom stereocenters. The van der Waals surface area contributed by atoms with Crippen LogP contribution in [0.15, 0.2) is 41.6 Å². The Morgan fingerprint density at radius 2 is 1.59 bits per heavy atom. The van der Waals surface area contributed by atoms with Crippen molar-refractivity contribution in [3.05, 3.63) is 69.0 Å². The fourth-order valence-corrected chi connectivity index (χ4v) is 3.55. The largest absolute Gasteiger partial charge is 0.475 e. The molecule has 2 N–H and O–H groups in total. The summed E-state index contributed by atoms with van der Waals surface area (Å²) in [5.41, 5.74) is -1.59. The molecule has 0 spiro atoms. The quantitative estimate of drug-likeness (QED) is 0.564. The number of benzene rings is 2. The van der Waals surface area contributed by atoms with Crippen molar-refractivity contribution >= 4 is 29.1 Å². The Hall–Kier alpha value is -2.10. The molecule has 4 nitrogen and oxygen atoms in total. The van der Waals surface area contributed by atoms with E-state index < -0.39 is 45.0 Å². The Kier molecular flexibility index (Phi) is 4.67. The third-order valence-corrected chi connectivity index (χ3v) is 5.37. The zero-order valence-corrected chi connectivity index (χ0v) is 15.9. The summed E-state index contributed by atoms with van der Waals surface area (Å²) in [5.74, 6) is -4.90. The zero-order chi connectivity index (χ0) is 21.0. The number of hydrogen-bond acceptors (Lipinski definition) is 3. The summed E-state index contributed by atoms with van der Waals surface area (Å²) < 4.78 is 74.8. The van der Waals surface area contributed by atoms with Crippen molar-refractivity contribution in [2.75, 3.05) is 13.1 Å². The predicted octanol–water partition coefficient (Wildman–Crippen LogP) is 4.00. The first-order chi connectivity index (χ1) is 13.6. The average Bonchev–Trinajstić information content (AvgIpc) is 3.11. The van der Waals surface area contributed by atoms with Gasteiger partial charge in [-0.05, 0) is 29.4 Å². The number of halogens is 7. The van der Waals surface area contributed by atoms with Gasteiger partial charge in [0.05, 0.1) is 15.6 Å². The van der Waals surface area contributed by atoms with E-state index in [-0.39, 0.29) is 18.7 Å². The standard InChI is InChI=1S/C18H11Cl2F5N2O2/c19-12-5-11(6-13(20)14(12)21)17(18(23,24)25)28-15(27-29-17)9-1-3-10(4-2-9)16(22)7-26-8-16/h1-6,26H,7-8H2/p+1. The molecule has 2 aliphatic rings. The minimum Gasteiger partial charge on any atom is -0.419 e. The first kappa shape index (κ1) is 20.2. The molecule has 4 rings (SSSR count). The van der Waals surface area contributed by atoms with Crippen molar-refractivity contribution in [2.45, 2.75) is 17.6 Å². The number of nitrogens with zero attached hydrogens (tertiary/aromatic N) is 1. The molecule has 0 aliphatic carbocycles. The van der Waals surface area contributed by atoms with Gasteiger partial charge in [0.15, 0.2) is 5.82 Å². The molecule has 29 heavy (non-hydrogen) atoms. The molecule has 2 aromatic carbocycles. The van der Waals surface area contributed by atoms with Crippen molar-refractivity contribution in [3.8, 4) is 0 Å². The van der Waals surface area contributed by atoms with Gasteiger partial charge in [0, 0.05) is 11.1 Å². The zero-order valence-electron chi connectivity index (χ0n) is 14.4. The van der Waals surface area contributed by atoms with Crippen molar-refractivity contribution in [1.82, 2.24) is 0 Å². The highest BCUT2D eigenvalue weighted by molar-refractivity contribution is 6.35. The van der Waals surface area contributed by atoms with Crippen molar-refractivity contribution in [1.29, 1.82) is 0 Å².